The summed E-state index contributed by atoms with van der Waals surface area (Å²) >= 11 is 3.70. The average Bonchev–Trinajstić information content (AvgIpc) is 2.85. The van der Waals surface area contributed by atoms with Crippen molar-refractivity contribution in [3.8, 4) is 0 Å². The highest BCUT2D eigenvalue weighted by Gasteiger charge is 2.27. The van der Waals surface area contributed by atoms with Crippen LogP contribution in [0.25, 0.3) is 0 Å². The molecule has 0 aromatic heterocycles. The molecule has 1 atom stereocenters. The van der Waals surface area contributed by atoms with E-state index < -0.39 is 0 Å². The van der Waals surface area contributed by atoms with Crippen molar-refractivity contribution in [2.45, 2.75) is 57.5 Å². The predicted molar refractivity (Wildman–Crippen MR) is 140 cm³/mol. The van der Waals surface area contributed by atoms with Crippen molar-refractivity contribution < 1.29 is 14.4 Å². The molecule has 2 saturated heterocycles. The Morgan fingerprint density at radius 1 is 1.09 bits per heavy atom. The number of anilines is 1. The molecule has 0 saturated carbocycles. The molecule has 35 heavy (non-hydrogen) atoms. The number of aryl methyl sites for hydroxylation is 1. The highest BCUT2D eigenvalue weighted by Crippen LogP contribution is 2.32. The number of imide groups is 1. The van der Waals surface area contributed by atoms with E-state index in [2.05, 4.69) is 43.6 Å². The average molecular weight is 541 g/mol. The first kappa shape index (κ1) is 25.4. The van der Waals surface area contributed by atoms with E-state index in [-0.39, 0.29) is 23.8 Å². The van der Waals surface area contributed by atoms with Crippen molar-refractivity contribution in [2.75, 3.05) is 18.0 Å². The van der Waals surface area contributed by atoms with E-state index in [4.69, 9.17) is 5.73 Å². The summed E-state index contributed by atoms with van der Waals surface area (Å²) in [5.41, 5.74) is 9.47. The van der Waals surface area contributed by atoms with Gasteiger partial charge in [-0.25, -0.2) is 0 Å². The normalized spacial score (nSPS) is 19.0. The fraction of sp³-hybridized carbons (Fsp3) is 0.444. The van der Waals surface area contributed by atoms with Crippen molar-refractivity contribution in [3.05, 3.63) is 63.6 Å². The number of nitrogens with two attached hydrogens (primary N) is 1. The van der Waals surface area contributed by atoms with Crippen LogP contribution in [0.3, 0.4) is 0 Å². The summed E-state index contributed by atoms with van der Waals surface area (Å²) in [6.07, 6.45) is 6.58. The first-order valence-corrected chi connectivity index (χ1v) is 13.2. The number of carbonyl (C=O) groups is 3. The van der Waals surface area contributed by atoms with Gasteiger partial charge in [0.2, 0.25) is 17.7 Å². The van der Waals surface area contributed by atoms with Crippen LogP contribution < -0.4 is 21.3 Å². The van der Waals surface area contributed by atoms with Crippen molar-refractivity contribution in [3.63, 3.8) is 0 Å². The molecule has 0 spiro atoms. The highest BCUT2D eigenvalue weighted by atomic mass is 79.9. The van der Waals surface area contributed by atoms with Crippen LogP contribution in [-0.2, 0) is 22.6 Å². The molecule has 2 heterocycles. The van der Waals surface area contributed by atoms with E-state index in [9.17, 15) is 14.4 Å². The number of carbonyl (C=O) groups excluding carboxylic acids is 3. The smallest absolute Gasteiger partial charge is 0.248 e. The fourth-order valence-corrected chi connectivity index (χ4v) is 5.52. The quantitative estimate of drug-likeness (QED) is 0.421. The number of amides is 3. The second kappa shape index (κ2) is 11.8. The van der Waals surface area contributed by atoms with Gasteiger partial charge in [-0.2, -0.15) is 0 Å². The summed E-state index contributed by atoms with van der Waals surface area (Å²) in [5, 5.41) is 5.76. The Kier molecular flexibility index (Phi) is 8.57. The lowest BCUT2D eigenvalue weighted by Gasteiger charge is -2.35. The van der Waals surface area contributed by atoms with Gasteiger partial charge in [0.1, 0.15) is 0 Å². The lowest BCUT2D eigenvalue weighted by Crippen LogP contribution is -2.50. The first-order valence-electron chi connectivity index (χ1n) is 12.4. The van der Waals surface area contributed by atoms with Crippen molar-refractivity contribution in [1.82, 2.24) is 10.6 Å². The Labute approximate surface area is 215 Å². The number of rotatable bonds is 9. The van der Waals surface area contributed by atoms with E-state index in [1.165, 1.54) is 17.7 Å². The zero-order valence-electron chi connectivity index (χ0n) is 19.9. The van der Waals surface area contributed by atoms with Crippen LogP contribution in [-0.4, -0.2) is 36.9 Å². The predicted octanol–water partition coefficient (Wildman–Crippen LogP) is 3.68. The van der Waals surface area contributed by atoms with Crippen LogP contribution in [0.4, 0.5) is 5.69 Å². The zero-order valence-corrected chi connectivity index (χ0v) is 21.5. The number of piperidine rings is 2. The summed E-state index contributed by atoms with van der Waals surface area (Å²) < 4.78 is 1.03. The minimum Gasteiger partial charge on any atom is -0.371 e. The Hall–Kier alpha value is -2.71. The summed E-state index contributed by atoms with van der Waals surface area (Å²) in [4.78, 5) is 37.2. The van der Waals surface area contributed by atoms with Gasteiger partial charge in [-0.3, -0.25) is 19.7 Å². The van der Waals surface area contributed by atoms with Crippen molar-refractivity contribution >= 4 is 39.3 Å². The van der Waals surface area contributed by atoms with E-state index in [1.807, 2.05) is 18.2 Å². The van der Waals surface area contributed by atoms with E-state index in [1.54, 1.807) is 12.1 Å². The third-order valence-corrected chi connectivity index (χ3v) is 7.87. The maximum atomic E-state index is 12.1. The molecule has 8 heteroatoms. The van der Waals surface area contributed by atoms with E-state index in [0.29, 0.717) is 30.9 Å². The molecule has 4 N–H and O–H groups in total. The molecule has 3 amide bonds. The molecule has 1 unspecified atom stereocenters. The Bertz CT molecular complexity index is 1060. The molecular weight excluding hydrogens is 508 g/mol. The molecule has 0 aliphatic carbocycles. The molecule has 4 rings (SSSR count). The lowest BCUT2D eigenvalue weighted by atomic mass is 9.90. The standard InChI is InChI=1S/C27H33BrN4O3/c28-22-5-2-6-24(21(22)17-30-23-11-12-25(33)31-27(23)35)32-15-13-19(14-16-32)4-1-3-18-7-9-20(10-8-18)26(29)34/h2,5-10,19,23,30H,1,3-4,11-17H2,(H2,29,34)(H,31,33,35). The third kappa shape index (κ3) is 6.70. The summed E-state index contributed by atoms with van der Waals surface area (Å²) in [5.74, 6) is -0.102. The van der Waals surface area contributed by atoms with Gasteiger partial charge in [0.05, 0.1) is 6.04 Å². The molecule has 2 aromatic rings. The summed E-state index contributed by atoms with van der Waals surface area (Å²) in [6.45, 7) is 2.59. The number of hydrogen-bond donors (Lipinski definition) is 3. The highest BCUT2D eigenvalue weighted by molar-refractivity contribution is 9.10. The molecule has 7 nitrogen and oxygen atoms in total. The van der Waals surface area contributed by atoms with Gasteiger partial charge in [0.25, 0.3) is 0 Å². The number of hydrogen-bond acceptors (Lipinski definition) is 5. The van der Waals surface area contributed by atoms with Gasteiger partial charge in [-0.05, 0) is 74.3 Å². The number of nitrogens with one attached hydrogen (secondary N) is 2. The maximum absolute atomic E-state index is 12.1. The summed E-state index contributed by atoms with van der Waals surface area (Å²) in [7, 11) is 0. The maximum Gasteiger partial charge on any atom is 0.248 e. The van der Waals surface area contributed by atoms with Gasteiger partial charge in [-0.15, -0.1) is 0 Å². The Balaban J connectivity index is 1.27. The van der Waals surface area contributed by atoms with Crippen molar-refractivity contribution in [2.24, 2.45) is 11.7 Å². The van der Waals surface area contributed by atoms with E-state index >= 15 is 0 Å². The van der Waals surface area contributed by atoms with Gasteiger partial charge < -0.3 is 16.0 Å². The van der Waals surface area contributed by atoms with Crippen molar-refractivity contribution in [1.29, 1.82) is 0 Å². The number of primary amides is 1. The summed E-state index contributed by atoms with van der Waals surface area (Å²) in [6, 6.07) is 13.5. The molecule has 186 valence electrons. The van der Waals surface area contributed by atoms with Crippen LogP contribution in [0.15, 0.2) is 46.9 Å². The molecule has 2 aliphatic heterocycles. The minimum atomic E-state index is -0.385. The number of benzene rings is 2. The third-order valence-electron chi connectivity index (χ3n) is 7.13. The van der Waals surface area contributed by atoms with Gasteiger partial charge in [0.15, 0.2) is 0 Å². The van der Waals surface area contributed by atoms with Gasteiger partial charge in [-0.1, -0.05) is 34.1 Å². The van der Waals surface area contributed by atoms with E-state index in [0.717, 1.165) is 48.8 Å². The Morgan fingerprint density at radius 3 is 2.51 bits per heavy atom. The van der Waals surface area contributed by atoms with Crippen LogP contribution >= 0.6 is 15.9 Å². The molecule has 0 bridgehead atoms. The second-order valence-corrected chi connectivity index (χ2v) is 10.4. The molecular formula is C27H33BrN4O3. The zero-order chi connectivity index (χ0) is 24.8. The monoisotopic (exact) mass is 540 g/mol. The largest absolute Gasteiger partial charge is 0.371 e. The van der Waals surface area contributed by atoms with Gasteiger partial charge >= 0.3 is 0 Å². The molecule has 0 radical (unpaired) electrons. The molecule has 2 aliphatic rings. The fourth-order valence-electron chi connectivity index (χ4n) is 5.03. The minimum absolute atomic E-state index is 0.196. The first-order chi connectivity index (χ1) is 16.9. The second-order valence-electron chi connectivity index (χ2n) is 9.51. The molecule has 2 fully saturated rings. The van der Waals surface area contributed by atoms with Crippen LogP contribution in [0.1, 0.15) is 60.0 Å². The number of halogens is 1. The van der Waals surface area contributed by atoms with Crippen LogP contribution in [0, 0.1) is 5.92 Å². The molecule has 2 aromatic carbocycles. The van der Waals surface area contributed by atoms with Crippen LogP contribution in [0.2, 0.25) is 0 Å². The SMILES string of the molecule is NC(=O)c1ccc(CCCC2CCN(c3cccc(Br)c3CNC3CCC(=O)NC3=O)CC2)cc1. The number of nitrogens with zero attached hydrogens (tertiary/aromatic N) is 1. The van der Waals surface area contributed by atoms with Gasteiger partial charge in [0, 0.05) is 47.3 Å². The Morgan fingerprint density at radius 2 is 1.83 bits per heavy atom. The van der Waals surface area contributed by atoms with Crippen LogP contribution in [0.5, 0.6) is 0 Å². The topological polar surface area (TPSA) is 105 Å². The lowest BCUT2D eigenvalue weighted by molar-refractivity contribution is -0.134.